The Labute approximate surface area is 166 Å². The summed E-state index contributed by atoms with van der Waals surface area (Å²) in [4.78, 5) is 16.1. The van der Waals surface area contributed by atoms with Crippen molar-refractivity contribution in [3.8, 4) is 5.75 Å². The number of halogens is 1. The molecule has 8 heteroatoms. The lowest BCUT2D eigenvalue weighted by molar-refractivity contribution is -0.108. The molecule has 3 aromatic rings. The Hall–Kier alpha value is -3.36. The van der Waals surface area contributed by atoms with Crippen LogP contribution >= 0.6 is 0 Å². The second kappa shape index (κ2) is 7.23. The summed E-state index contributed by atoms with van der Waals surface area (Å²) in [6, 6.07) is 13.3. The first-order valence-corrected chi connectivity index (χ1v) is 10.1. The molecule has 4 rings (SSSR count). The highest BCUT2D eigenvalue weighted by molar-refractivity contribution is 7.89. The third-order valence-corrected chi connectivity index (χ3v) is 5.56. The van der Waals surface area contributed by atoms with Crippen molar-refractivity contribution in [2.24, 2.45) is 5.14 Å². The maximum atomic E-state index is 13.8. The van der Waals surface area contributed by atoms with Gasteiger partial charge in [-0.1, -0.05) is 12.1 Å². The number of aromatic nitrogens is 1. The molecule has 146 valence electrons. The number of pyridine rings is 1. The van der Waals surface area contributed by atoms with Gasteiger partial charge in [0.1, 0.15) is 23.6 Å². The molecule has 0 saturated heterocycles. The molecule has 2 heterocycles. The van der Waals surface area contributed by atoms with Crippen molar-refractivity contribution < 1.29 is 22.3 Å². The minimum atomic E-state index is -3.86. The Kier molecular flexibility index (Phi) is 4.73. The highest BCUT2D eigenvalue weighted by Crippen LogP contribution is 2.46. The Balaban J connectivity index is 1.95. The molecule has 1 unspecified atom stereocenters. The van der Waals surface area contributed by atoms with Gasteiger partial charge in [-0.05, 0) is 36.4 Å². The van der Waals surface area contributed by atoms with Crippen LogP contribution in [0, 0.1) is 5.82 Å². The van der Waals surface area contributed by atoms with Gasteiger partial charge in [0.2, 0.25) is 10.0 Å². The number of hydrogen-bond acceptors (Lipinski definition) is 5. The quantitative estimate of drug-likeness (QED) is 0.667. The molecule has 0 radical (unpaired) electrons. The van der Waals surface area contributed by atoms with Gasteiger partial charge in [0.15, 0.2) is 0 Å². The second-order valence-corrected chi connectivity index (χ2v) is 8.01. The highest BCUT2D eigenvalue weighted by Gasteiger charge is 2.32. The maximum Gasteiger partial charge on any atom is 0.238 e. The number of sulfonamides is 1. The standard InChI is InChI=1S/C21H15FN2O4S/c22-15-5-8-17-18(12-25)20(14-2-1-9-24-11-14)21(28-19(17)10-15)13-3-6-16(7-4-13)29(23,26)27/h1-12,18H,(H2,23,26,27). The van der Waals surface area contributed by atoms with E-state index in [2.05, 4.69) is 4.98 Å². The smallest absolute Gasteiger partial charge is 0.238 e. The predicted molar refractivity (Wildman–Crippen MR) is 105 cm³/mol. The number of hydrogen-bond donors (Lipinski definition) is 1. The molecule has 0 spiro atoms. The summed E-state index contributed by atoms with van der Waals surface area (Å²) in [7, 11) is -3.86. The Morgan fingerprint density at radius 2 is 1.83 bits per heavy atom. The van der Waals surface area contributed by atoms with Gasteiger partial charge in [-0.2, -0.15) is 0 Å². The SMILES string of the molecule is NS(=O)(=O)c1ccc(C2=C(c3cccnc3)C(C=O)c3ccc(F)cc3O2)cc1. The fourth-order valence-corrected chi connectivity index (χ4v) is 3.82. The van der Waals surface area contributed by atoms with Crippen LogP contribution in [-0.4, -0.2) is 19.7 Å². The van der Waals surface area contributed by atoms with Crippen LogP contribution < -0.4 is 9.88 Å². The molecule has 0 fully saturated rings. The van der Waals surface area contributed by atoms with E-state index in [0.29, 0.717) is 28.0 Å². The predicted octanol–water partition coefficient (Wildman–Crippen LogP) is 3.11. The summed E-state index contributed by atoms with van der Waals surface area (Å²) >= 11 is 0. The maximum absolute atomic E-state index is 13.8. The van der Waals surface area contributed by atoms with Crippen molar-refractivity contribution in [2.75, 3.05) is 0 Å². The summed E-state index contributed by atoms with van der Waals surface area (Å²) in [5.74, 6) is -0.673. The van der Waals surface area contributed by atoms with Crippen LogP contribution in [0.15, 0.2) is 71.9 Å². The number of benzene rings is 2. The number of nitrogens with two attached hydrogens (primary N) is 1. The van der Waals surface area contributed by atoms with Crippen molar-refractivity contribution in [1.29, 1.82) is 0 Å². The van der Waals surface area contributed by atoms with E-state index < -0.39 is 21.8 Å². The fourth-order valence-electron chi connectivity index (χ4n) is 3.30. The minimum absolute atomic E-state index is 0.0565. The fraction of sp³-hybridized carbons (Fsp3) is 0.0476. The Bertz CT molecular complexity index is 1220. The van der Waals surface area contributed by atoms with Crippen LogP contribution in [0.25, 0.3) is 11.3 Å². The summed E-state index contributed by atoms with van der Waals surface area (Å²) in [6.45, 7) is 0. The van der Waals surface area contributed by atoms with E-state index in [9.17, 15) is 17.6 Å². The number of rotatable bonds is 4. The zero-order valence-electron chi connectivity index (χ0n) is 14.9. The number of primary sulfonamides is 1. The van der Waals surface area contributed by atoms with Gasteiger partial charge in [0, 0.05) is 40.7 Å². The normalized spacial score (nSPS) is 16.1. The lowest BCUT2D eigenvalue weighted by Crippen LogP contribution is -2.16. The summed E-state index contributed by atoms with van der Waals surface area (Å²) in [5.41, 5.74) is 2.25. The molecule has 6 nitrogen and oxygen atoms in total. The topological polar surface area (TPSA) is 99.4 Å². The molecular formula is C21H15FN2O4S. The van der Waals surface area contributed by atoms with Crippen LogP contribution in [0.3, 0.4) is 0 Å². The minimum Gasteiger partial charge on any atom is -0.456 e. The monoisotopic (exact) mass is 410 g/mol. The van der Waals surface area contributed by atoms with Gasteiger partial charge in [-0.3, -0.25) is 4.98 Å². The number of allylic oxidation sites excluding steroid dienone is 1. The van der Waals surface area contributed by atoms with E-state index in [1.54, 1.807) is 24.5 Å². The molecule has 0 amide bonds. The molecule has 1 aliphatic heterocycles. The molecule has 1 aliphatic rings. The number of carbonyl (C=O) groups excluding carboxylic acids is 1. The summed E-state index contributed by atoms with van der Waals surface area (Å²) in [5, 5.41) is 5.16. The molecule has 0 saturated carbocycles. The molecule has 1 aromatic heterocycles. The molecule has 0 aliphatic carbocycles. The van der Waals surface area contributed by atoms with Crippen LogP contribution in [0.1, 0.15) is 22.6 Å². The summed E-state index contributed by atoms with van der Waals surface area (Å²) in [6.07, 6.45) is 3.97. The van der Waals surface area contributed by atoms with Crippen molar-refractivity contribution in [1.82, 2.24) is 4.98 Å². The first-order valence-electron chi connectivity index (χ1n) is 8.59. The number of ether oxygens (including phenoxy) is 1. The Morgan fingerprint density at radius 3 is 2.45 bits per heavy atom. The van der Waals surface area contributed by atoms with E-state index in [1.165, 1.54) is 42.5 Å². The van der Waals surface area contributed by atoms with Gasteiger partial charge in [-0.25, -0.2) is 17.9 Å². The van der Waals surface area contributed by atoms with Gasteiger partial charge >= 0.3 is 0 Å². The van der Waals surface area contributed by atoms with E-state index >= 15 is 0 Å². The van der Waals surface area contributed by atoms with Crippen LogP contribution in [0.4, 0.5) is 4.39 Å². The van der Waals surface area contributed by atoms with Gasteiger partial charge in [0.25, 0.3) is 0 Å². The molecule has 2 N–H and O–H groups in total. The van der Waals surface area contributed by atoms with Crippen molar-refractivity contribution in [3.05, 3.63) is 89.5 Å². The van der Waals surface area contributed by atoms with E-state index in [0.717, 1.165) is 6.29 Å². The first-order chi connectivity index (χ1) is 13.9. The number of aldehydes is 1. The largest absolute Gasteiger partial charge is 0.456 e. The van der Waals surface area contributed by atoms with Crippen LogP contribution in [0.5, 0.6) is 5.75 Å². The van der Waals surface area contributed by atoms with Crippen LogP contribution in [0.2, 0.25) is 0 Å². The third kappa shape index (κ3) is 3.55. The van der Waals surface area contributed by atoms with Crippen LogP contribution in [-0.2, 0) is 14.8 Å². The third-order valence-electron chi connectivity index (χ3n) is 4.63. The lowest BCUT2D eigenvalue weighted by atomic mass is 9.84. The average Bonchev–Trinajstić information content (AvgIpc) is 2.72. The lowest BCUT2D eigenvalue weighted by Gasteiger charge is -2.28. The van der Waals surface area contributed by atoms with E-state index in [-0.39, 0.29) is 10.6 Å². The number of fused-ring (bicyclic) bond motifs is 1. The molecule has 29 heavy (non-hydrogen) atoms. The van der Waals surface area contributed by atoms with E-state index in [4.69, 9.17) is 9.88 Å². The van der Waals surface area contributed by atoms with Gasteiger partial charge in [0.05, 0.1) is 10.8 Å². The number of carbonyl (C=O) groups is 1. The van der Waals surface area contributed by atoms with Gasteiger partial charge in [-0.15, -0.1) is 0 Å². The van der Waals surface area contributed by atoms with Gasteiger partial charge < -0.3 is 9.53 Å². The highest BCUT2D eigenvalue weighted by atomic mass is 32.2. The zero-order valence-corrected chi connectivity index (χ0v) is 15.8. The Morgan fingerprint density at radius 1 is 1.07 bits per heavy atom. The first kappa shape index (κ1) is 19.0. The second-order valence-electron chi connectivity index (χ2n) is 6.45. The van der Waals surface area contributed by atoms with E-state index in [1.807, 2.05) is 0 Å². The number of nitrogens with zero attached hydrogens (tertiary/aromatic N) is 1. The average molecular weight is 410 g/mol. The van der Waals surface area contributed by atoms with Crippen molar-refractivity contribution in [3.63, 3.8) is 0 Å². The zero-order chi connectivity index (χ0) is 20.6. The van der Waals surface area contributed by atoms with Crippen molar-refractivity contribution in [2.45, 2.75) is 10.8 Å². The summed E-state index contributed by atoms with van der Waals surface area (Å²) < 4.78 is 42.9. The molecule has 2 aromatic carbocycles. The molecular weight excluding hydrogens is 395 g/mol. The van der Waals surface area contributed by atoms with Crippen molar-refractivity contribution >= 4 is 27.6 Å². The molecule has 1 atom stereocenters. The molecule has 0 bridgehead atoms.